The molecule has 0 aliphatic rings. The normalized spacial score (nSPS) is 11.7. The highest BCUT2D eigenvalue weighted by atomic mass is 79.9. The van der Waals surface area contributed by atoms with Gasteiger partial charge >= 0.3 is 5.97 Å². The third-order valence-corrected chi connectivity index (χ3v) is 5.48. The Balaban J connectivity index is 2.18. The molecule has 30 heavy (non-hydrogen) atoms. The molecule has 1 aromatic heterocycles. The average molecular weight is 470 g/mol. The number of nitrogens with one attached hydrogen (secondary N) is 1. The van der Waals surface area contributed by atoms with E-state index in [4.69, 9.17) is 10.6 Å². The lowest BCUT2D eigenvalue weighted by atomic mass is 10.0. The lowest BCUT2D eigenvalue weighted by Crippen LogP contribution is -2.38. The lowest BCUT2D eigenvalue weighted by Gasteiger charge is -2.22. The number of hydrazine groups is 1. The predicted octanol–water partition coefficient (Wildman–Crippen LogP) is 4.18. The van der Waals surface area contributed by atoms with Gasteiger partial charge in [0.05, 0.1) is 12.2 Å². The van der Waals surface area contributed by atoms with Crippen LogP contribution in [0.25, 0.3) is 11.3 Å². The van der Waals surface area contributed by atoms with Gasteiger partial charge in [-0.3, -0.25) is 10.2 Å². The van der Waals surface area contributed by atoms with Crippen LogP contribution < -0.4 is 11.3 Å². The zero-order valence-corrected chi connectivity index (χ0v) is 18.5. The average Bonchev–Trinajstić information content (AvgIpc) is 3.10. The molecule has 1 unspecified atom stereocenters. The Morgan fingerprint density at radius 2 is 1.80 bits per heavy atom. The van der Waals surface area contributed by atoms with Gasteiger partial charge in [0.1, 0.15) is 6.04 Å². The Bertz CT molecular complexity index is 1030. The quantitative estimate of drug-likeness (QED) is 0.235. The van der Waals surface area contributed by atoms with Crippen LogP contribution in [0.5, 0.6) is 0 Å². The number of aromatic nitrogens is 1. The van der Waals surface area contributed by atoms with Crippen LogP contribution in [0.1, 0.15) is 34.6 Å². The number of carbonyl (C=O) groups is 2. The Morgan fingerprint density at radius 1 is 1.13 bits per heavy atom. The molecule has 1 heterocycles. The summed E-state index contributed by atoms with van der Waals surface area (Å²) in [7, 11) is 0. The number of benzene rings is 2. The Labute approximate surface area is 184 Å². The molecule has 1 amide bonds. The number of nitrogens with zero attached hydrogens (tertiary/aromatic N) is 1. The summed E-state index contributed by atoms with van der Waals surface area (Å²) in [5.41, 5.74) is 5.96. The van der Waals surface area contributed by atoms with Crippen LogP contribution in [-0.2, 0) is 16.0 Å². The number of carbonyl (C=O) groups excluding carboxylic acids is 2. The fourth-order valence-electron chi connectivity index (χ4n) is 3.52. The van der Waals surface area contributed by atoms with E-state index in [-0.39, 0.29) is 12.5 Å². The van der Waals surface area contributed by atoms with Crippen LogP contribution in [0.2, 0.25) is 0 Å². The molecule has 7 heteroatoms. The van der Waals surface area contributed by atoms with E-state index >= 15 is 0 Å². The topological polar surface area (TPSA) is 86.3 Å². The summed E-state index contributed by atoms with van der Waals surface area (Å²) in [6, 6.07) is 18.5. The van der Waals surface area contributed by atoms with Crippen LogP contribution in [0, 0.1) is 6.92 Å². The van der Waals surface area contributed by atoms with Crippen LogP contribution in [0.3, 0.4) is 0 Å². The van der Waals surface area contributed by atoms with Gasteiger partial charge in [0.2, 0.25) is 0 Å². The Morgan fingerprint density at radius 3 is 2.40 bits per heavy atom. The molecule has 3 rings (SSSR count). The minimum atomic E-state index is -0.640. The number of hydrogen-bond acceptors (Lipinski definition) is 4. The standard InChI is InChI=1S/C23H24BrN3O3/c1-3-30-23(29)19-14-20(17-9-11-18(24)12-10-17)27(15(19)2)21(22(28)26-25)13-16-7-5-4-6-8-16/h4-12,14,21H,3,13,25H2,1-2H3,(H,26,28). The summed E-state index contributed by atoms with van der Waals surface area (Å²) in [5.74, 6) is 4.77. The minimum Gasteiger partial charge on any atom is -0.462 e. The van der Waals surface area contributed by atoms with Crippen molar-refractivity contribution in [3.8, 4) is 11.3 Å². The van der Waals surface area contributed by atoms with E-state index in [2.05, 4.69) is 21.4 Å². The summed E-state index contributed by atoms with van der Waals surface area (Å²) < 4.78 is 8.03. The van der Waals surface area contributed by atoms with Gasteiger partial charge in [-0.1, -0.05) is 58.4 Å². The fraction of sp³-hybridized carbons (Fsp3) is 0.217. The molecule has 0 aliphatic carbocycles. The molecule has 6 nitrogen and oxygen atoms in total. The summed E-state index contributed by atoms with van der Waals surface area (Å²) in [6.45, 7) is 3.85. The summed E-state index contributed by atoms with van der Waals surface area (Å²) in [6.07, 6.45) is 0.422. The molecular weight excluding hydrogens is 446 g/mol. The highest BCUT2D eigenvalue weighted by Crippen LogP contribution is 2.32. The van der Waals surface area contributed by atoms with Crippen molar-refractivity contribution in [1.82, 2.24) is 9.99 Å². The number of esters is 1. The maximum absolute atomic E-state index is 12.8. The van der Waals surface area contributed by atoms with Gasteiger partial charge in [0, 0.05) is 22.3 Å². The second-order valence-electron chi connectivity index (χ2n) is 6.84. The maximum Gasteiger partial charge on any atom is 0.339 e. The van der Waals surface area contributed by atoms with Crippen molar-refractivity contribution < 1.29 is 14.3 Å². The zero-order chi connectivity index (χ0) is 21.7. The minimum absolute atomic E-state index is 0.272. The van der Waals surface area contributed by atoms with Crippen molar-refractivity contribution in [2.45, 2.75) is 26.3 Å². The van der Waals surface area contributed by atoms with Gasteiger partial charge < -0.3 is 9.30 Å². The van der Waals surface area contributed by atoms with Crippen LogP contribution in [0.15, 0.2) is 65.1 Å². The summed E-state index contributed by atoms with van der Waals surface area (Å²) >= 11 is 3.45. The van der Waals surface area contributed by atoms with E-state index in [1.807, 2.05) is 66.1 Å². The van der Waals surface area contributed by atoms with E-state index < -0.39 is 12.0 Å². The predicted molar refractivity (Wildman–Crippen MR) is 120 cm³/mol. The van der Waals surface area contributed by atoms with Crippen molar-refractivity contribution in [3.05, 3.63) is 82.0 Å². The van der Waals surface area contributed by atoms with Gasteiger partial charge in [0.15, 0.2) is 0 Å². The van der Waals surface area contributed by atoms with Crippen molar-refractivity contribution in [1.29, 1.82) is 0 Å². The highest BCUT2D eigenvalue weighted by molar-refractivity contribution is 9.10. The van der Waals surface area contributed by atoms with Crippen molar-refractivity contribution >= 4 is 27.8 Å². The number of amides is 1. The molecule has 3 aromatic rings. The number of hydrogen-bond donors (Lipinski definition) is 2. The summed E-state index contributed by atoms with van der Waals surface area (Å²) in [4.78, 5) is 25.4. The Hall–Kier alpha value is -2.90. The van der Waals surface area contributed by atoms with Crippen LogP contribution in [0.4, 0.5) is 0 Å². The SMILES string of the molecule is CCOC(=O)c1cc(-c2ccc(Br)cc2)n(C(Cc2ccccc2)C(=O)NN)c1C. The van der Waals surface area contributed by atoms with Gasteiger partial charge in [-0.15, -0.1) is 0 Å². The third-order valence-electron chi connectivity index (χ3n) is 4.96. The zero-order valence-electron chi connectivity index (χ0n) is 16.9. The molecule has 0 saturated carbocycles. The van der Waals surface area contributed by atoms with Crippen LogP contribution in [-0.4, -0.2) is 23.1 Å². The highest BCUT2D eigenvalue weighted by Gasteiger charge is 2.28. The van der Waals surface area contributed by atoms with E-state index in [1.165, 1.54) is 0 Å². The smallest absolute Gasteiger partial charge is 0.339 e. The first-order chi connectivity index (χ1) is 14.5. The Kier molecular flexibility index (Phi) is 7.07. The molecule has 3 N–H and O–H groups in total. The van der Waals surface area contributed by atoms with Gasteiger partial charge in [-0.05, 0) is 43.2 Å². The number of ether oxygens (including phenoxy) is 1. The first-order valence-corrected chi connectivity index (χ1v) is 10.4. The first-order valence-electron chi connectivity index (χ1n) is 9.65. The number of nitrogens with two attached hydrogens (primary N) is 1. The summed E-state index contributed by atoms with van der Waals surface area (Å²) in [5, 5.41) is 0. The second-order valence-corrected chi connectivity index (χ2v) is 7.76. The largest absolute Gasteiger partial charge is 0.462 e. The van der Waals surface area contributed by atoms with E-state index in [1.54, 1.807) is 13.0 Å². The van der Waals surface area contributed by atoms with Crippen molar-refractivity contribution in [2.24, 2.45) is 5.84 Å². The van der Waals surface area contributed by atoms with E-state index in [0.29, 0.717) is 17.7 Å². The third kappa shape index (κ3) is 4.63. The van der Waals surface area contributed by atoms with Crippen LogP contribution >= 0.6 is 15.9 Å². The monoisotopic (exact) mass is 469 g/mol. The molecule has 0 fully saturated rings. The molecule has 0 radical (unpaired) electrons. The molecule has 0 bridgehead atoms. The molecule has 0 aliphatic heterocycles. The second kappa shape index (κ2) is 9.73. The molecule has 0 saturated heterocycles. The molecule has 1 atom stereocenters. The first kappa shape index (κ1) is 21.8. The van der Waals surface area contributed by atoms with Crippen molar-refractivity contribution in [2.75, 3.05) is 6.61 Å². The van der Waals surface area contributed by atoms with Gasteiger partial charge in [-0.25, -0.2) is 10.6 Å². The maximum atomic E-state index is 12.8. The van der Waals surface area contributed by atoms with Gasteiger partial charge in [-0.2, -0.15) is 0 Å². The van der Waals surface area contributed by atoms with E-state index in [0.717, 1.165) is 21.3 Å². The molecule has 2 aromatic carbocycles. The fourth-order valence-corrected chi connectivity index (χ4v) is 3.78. The molecule has 156 valence electrons. The van der Waals surface area contributed by atoms with Crippen molar-refractivity contribution in [3.63, 3.8) is 0 Å². The number of rotatable bonds is 7. The molecule has 0 spiro atoms. The van der Waals surface area contributed by atoms with Gasteiger partial charge in [0.25, 0.3) is 5.91 Å². The lowest BCUT2D eigenvalue weighted by molar-refractivity contribution is -0.124. The van der Waals surface area contributed by atoms with E-state index in [9.17, 15) is 9.59 Å². The number of halogens is 1. The molecular formula is C23H24BrN3O3.